The van der Waals surface area contributed by atoms with Crippen LogP contribution in [0.4, 0.5) is 5.82 Å². The number of imidazole rings is 1. The van der Waals surface area contributed by atoms with Gasteiger partial charge in [-0.3, -0.25) is 13.6 Å². The van der Waals surface area contributed by atoms with E-state index in [1.165, 1.54) is 44.9 Å². The van der Waals surface area contributed by atoms with Gasteiger partial charge in [-0.25, -0.2) is 19.5 Å². The molecule has 0 amide bonds. The van der Waals surface area contributed by atoms with Crippen LogP contribution in [0.5, 0.6) is 0 Å². The van der Waals surface area contributed by atoms with E-state index in [0.29, 0.717) is 17.0 Å². The molecular weight excluding hydrogens is 437 g/mol. The first-order valence-corrected chi connectivity index (χ1v) is 12.8. The van der Waals surface area contributed by atoms with Crippen molar-refractivity contribution < 1.29 is 28.3 Å². The molecule has 4 heterocycles. The van der Waals surface area contributed by atoms with E-state index in [1.54, 1.807) is 10.9 Å². The molecule has 0 radical (unpaired) electrons. The molecule has 4 bridgehead atoms. The van der Waals surface area contributed by atoms with Crippen molar-refractivity contribution in [1.82, 2.24) is 19.5 Å². The zero-order chi connectivity index (χ0) is 21.7. The molecule has 0 spiro atoms. The van der Waals surface area contributed by atoms with E-state index in [0.717, 1.165) is 17.8 Å². The predicted octanol–water partition coefficient (Wildman–Crippen LogP) is 1.98. The van der Waals surface area contributed by atoms with Gasteiger partial charge in [-0.15, -0.1) is 0 Å². The number of aromatic nitrogens is 4. The van der Waals surface area contributed by atoms with Crippen LogP contribution in [0.25, 0.3) is 11.2 Å². The lowest BCUT2D eigenvalue weighted by molar-refractivity contribution is -0.0664. The molecule has 2 aliphatic heterocycles. The summed E-state index contributed by atoms with van der Waals surface area (Å²) < 4.78 is 29.2. The van der Waals surface area contributed by atoms with Crippen LogP contribution in [0.2, 0.25) is 0 Å². The second-order valence-corrected chi connectivity index (χ2v) is 11.7. The molecule has 2 aromatic rings. The van der Waals surface area contributed by atoms with E-state index in [4.69, 9.17) is 13.8 Å². The summed E-state index contributed by atoms with van der Waals surface area (Å²) in [5.41, 5.74) is 1.23. The summed E-state index contributed by atoms with van der Waals surface area (Å²) in [5.74, 6) is 3.12. The fourth-order valence-electron chi connectivity index (χ4n) is 7.21. The molecule has 8 rings (SSSR count). The highest BCUT2D eigenvalue weighted by atomic mass is 31.2. The molecule has 12 heteroatoms. The molecule has 4 aliphatic carbocycles. The van der Waals surface area contributed by atoms with Crippen molar-refractivity contribution in [3.8, 4) is 0 Å². The first-order valence-electron chi connectivity index (χ1n) is 11.3. The Bertz CT molecular complexity index is 1090. The summed E-state index contributed by atoms with van der Waals surface area (Å²) in [4.78, 5) is 23.1. The van der Waals surface area contributed by atoms with Crippen LogP contribution in [0.1, 0.15) is 44.8 Å². The van der Waals surface area contributed by atoms with Gasteiger partial charge in [0.05, 0.1) is 12.9 Å². The first-order chi connectivity index (χ1) is 15.4. The Morgan fingerprint density at radius 3 is 2.56 bits per heavy atom. The molecule has 1 unspecified atom stereocenters. The number of aliphatic hydroxyl groups is 1. The highest BCUT2D eigenvalue weighted by molar-refractivity contribution is 7.47. The van der Waals surface area contributed by atoms with Crippen molar-refractivity contribution in [2.75, 3.05) is 11.9 Å². The van der Waals surface area contributed by atoms with Crippen LogP contribution in [0.3, 0.4) is 0 Å². The van der Waals surface area contributed by atoms with Gasteiger partial charge in [-0.2, -0.15) is 0 Å². The van der Waals surface area contributed by atoms with Gasteiger partial charge in [-0.1, -0.05) is 0 Å². The van der Waals surface area contributed by atoms with Crippen LogP contribution in [-0.4, -0.2) is 60.0 Å². The topological polar surface area (TPSA) is 141 Å². The van der Waals surface area contributed by atoms with Gasteiger partial charge in [0.25, 0.3) is 0 Å². The third kappa shape index (κ3) is 2.99. The molecule has 32 heavy (non-hydrogen) atoms. The number of anilines is 1. The largest absolute Gasteiger partial charge is 0.472 e. The summed E-state index contributed by atoms with van der Waals surface area (Å²) in [5, 5.41) is 14.5. The minimum atomic E-state index is -4.19. The SMILES string of the molecule is O=P1(O)OC[C@H]2O[C@@H](n3cnc4c(NC56CC7CC(CC(C7)C5)C6)ncnc43)[C@H](O)[C@@H]2O1. The smallest absolute Gasteiger partial charge is 0.386 e. The van der Waals surface area contributed by atoms with Crippen molar-refractivity contribution >= 4 is 24.8 Å². The fraction of sp³-hybridized carbons (Fsp3) is 0.750. The number of hydrogen-bond donors (Lipinski definition) is 3. The van der Waals surface area contributed by atoms with Crippen molar-refractivity contribution in [3.63, 3.8) is 0 Å². The Morgan fingerprint density at radius 1 is 1.12 bits per heavy atom. The number of ether oxygens (including phenoxy) is 1. The lowest BCUT2D eigenvalue weighted by Crippen LogP contribution is -2.54. The maximum Gasteiger partial charge on any atom is 0.472 e. The molecule has 11 nitrogen and oxygen atoms in total. The van der Waals surface area contributed by atoms with Gasteiger partial charge in [0.1, 0.15) is 24.6 Å². The van der Waals surface area contributed by atoms with E-state index < -0.39 is 32.4 Å². The average Bonchev–Trinajstić information content (AvgIpc) is 3.28. The number of hydrogen-bond acceptors (Lipinski definition) is 9. The monoisotopic (exact) mass is 463 g/mol. The van der Waals surface area contributed by atoms with E-state index in [9.17, 15) is 14.6 Å². The maximum absolute atomic E-state index is 11.8. The molecule has 6 aliphatic rings. The Hall–Kier alpha value is -1.62. The molecule has 0 aromatic carbocycles. The summed E-state index contributed by atoms with van der Waals surface area (Å²) in [7, 11) is -4.19. The summed E-state index contributed by atoms with van der Waals surface area (Å²) in [6.07, 6.45) is 7.03. The number of phosphoric acid groups is 1. The van der Waals surface area contributed by atoms with Gasteiger partial charge in [0, 0.05) is 5.54 Å². The Morgan fingerprint density at radius 2 is 1.84 bits per heavy atom. The van der Waals surface area contributed by atoms with Crippen LogP contribution < -0.4 is 5.32 Å². The summed E-state index contributed by atoms with van der Waals surface area (Å²) in [6, 6.07) is 0. The van der Waals surface area contributed by atoms with Crippen LogP contribution in [0, 0.1) is 17.8 Å². The van der Waals surface area contributed by atoms with Gasteiger partial charge < -0.3 is 20.1 Å². The van der Waals surface area contributed by atoms with Gasteiger partial charge >= 0.3 is 7.82 Å². The molecule has 4 saturated carbocycles. The Kier molecular flexibility index (Phi) is 4.16. The molecular formula is C20H26N5O6P. The zero-order valence-electron chi connectivity index (χ0n) is 17.4. The summed E-state index contributed by atoms with van der Waals surface area (Å²) >= 11 is 0. The van der Waals surface area contributed by atoms with Crippen LogP contribution >= 0.6 is 7.82 Å². The normalized spacial score (nSPS) is 47.1. The van der Waals surface area contributed by atoms with Crippen LogP contribution in [0.15, 0.2) is 12.7 Å². The lowest BCUT2D eigenvalue weighted by atomic mass is 9.53. The highest BCUT2D eigenvalue weighted by Crippen LogP contribution is 2.57. The molecule has 6 fully saturated rings. The van der Waals surface area contributed by atoms with E-state index in [1.807, 2.05) is 0 Å². The zero-order valence-corrected chi connectivity index (χ0v) is 18.3. The molecule has 5 atom stereocenters. The Labute approximate surface area is 184 Å². The number of aliphatic hydroxyl groups excluding tert-OH is 1. The predicted molar refractivity (Wildman–Crippen MR) is 110 cm³/mol. The van der Waals surface area contributed by atoms with Gasteiger partial charge in [0.2, 0.25) is 0 Å². The van der Waals surface area contributed by atoms with Crippen LogP contribution in [-0.2, 0) is 18.3 Å². The maximum atomic E-state index is 11.8. The number of rotatable bonds is 3. The van der Waals surface area contributed by atoms with Gasteiger partial charge in [0.15, 0.2) is 23.2 Å². The van der Waals surface area contributed by atoms with Gasteiger partial charge in [-0.05, 0) is 56.3 Å². The number of nitrogens with zero attached hydrogens (tertiary/aromatic N) is 4. The highest BCUT2D eigenvalue weighted by Gasteiger charge is 2.53. The number of fused-ring (bicyclic) bond motifs is 2. The fourth-order valence-corrected chi connectivity index (χ4v) is 8.17. The number of nitrogens with one attached hydrogen (secondary N) is 1. The molecule has 172 valence electrons. The minimum absolute atomic E-state index is 0.0750. The van der Waals surface area contributed by atoms with Crippen molar-refractivity contribution in [1.29, 1.82) is 0 Å². The Balaban J connectivity index is 1.20. The molecule has 2 aromatic heterocycles. The second kappa shape index (κ2) is 6.71. The molecule has 2 saturated heterocycles. The standard InChI is InChI=1S/C20H26N5O6P/c26-15-16-13(7-29-32(27,28)31-16)30-19(15)25-9-23-14-17(21-8-22-18(14)25)24-20-4-10-1-11(5-20)3-12(2-10)6-20/h8-13,15-16,19,26H,1-7H2,(H,27,28)(H,21,22,24)/t10?,11?,12?,13-,15-,16-,19-,20?/m1/s1. The van der Waals surface area contributed by atoms with Crippen molar-refractivity contribution in [2.45, 2.75) is 68.6 Å². The minimum Gasteiger partial charge on any atom is -0.386 e. The molecule has 3 N–H and O–H groups in total. The van der Waals surface area contributed by atoms with E-state index in [2.05, 4.69) is 20.3 Å². The lowest BCUT2D eigenvalue weighted by Gasteiger charge is -2.57. The van der Waals surface area contributed by atoms with E-state index >= 15 is 0 Å². The summed E-state index contributed by atoms with van der Waals surface area (Å²) in [6.45, 7) is -0.132. The van der Waals surface area contributed by atoms with Crippen molar-refractivity contribution in [2.24, 2.45) is 17.8 Å². The first kappa shape index (κ1) is 19.8. The second-order valence-electron chi connectivity index (χ2n) is 10.3. The number of phosphoric ester groups is 1. The average molecular weight is 463 g/mol. The quantitative estimate of drug-likeness (QED) is 0.579. The third-order valence-electron chi connectivity index (χ3n) is 8.02. The third-order valence-corrected chi connectivity index (χ3v) is 9.01. The van der Waals surface area contributed by atoms with E-state index in [-0.39, 0.29) is 12.1 Å². The van der Waals surface area contributed by atoms with Crippen molar-refractivity contribution in [3.05, 3.63) is 12.7 Å².